The second kappa shape index (κ2) is 8.94. The minimum absolute atomic E-state index is 0. The van der Waals surface area contributed by atoms with Crippen LogP contribution in [0.15, 0.2) is 18.2 Å². The van der Waals surface area contributed by atoms with Gasteiger partial charge in [-0.25, -0.2) is 8.42 Å². The number of nitrogens with zero attached hydrogens (tertiary/aromatic N) is 1. The molecule has 2 rings (SSSR count). The largest absolute Gasteiger partial charge is 0.325 e. The third kappa shape index (κ3) is 5.02. The van der Waals surface area contributed by atoms with Gasteiger partial charge in [-0.3, -0.25) is 9.10 Å². The highest BCUT2D eigenvalue weighted by Gasteiger charge is 2.29. The van der Waals surface area contributed by atoms with Crippen molar-refractivity contribution in [3.05, 3.63) is 23.8 Å². The highest BCUT2D eigenvalue weighted by Crippen LogP contribution is 2.30. The number of carbonyl (C=O) groups excluding carboxylic acids is 1. The van der Waals surface area contributed by atoms with Gasteiger partial charge in [0.2, 0.25) is 15.9 Å². The van der Waals surface area contributed by atoms with Crippen molar-refractivity contribution in [1.82, 2.24) is 0 Å². The predicted octanol–water partition coefficient (Wildman–Crippen LogP) is 1.98. The summed E-state index contributed by atoms with van der Waals surface area (Å²) in [6.45, 7) is 2.34. The van der Waals surface area contributed by atoms with E-state index in [1.165, 1.54) is 4.31 Å². The van der Waals surface area contributed by atoms with Crippen LogP contribution in [-0.2, 0) is 14.8 Å². The average Bonchev–Trinajstić information content (AvgIpc) is 2.85. The van der Waals surface area contributed by atoms with E-state index in [4.69, 9.17) is 5.73 Å². The standard InChI is InChI=1S/C15H23N3O3S2.ClH/c1-11-4-5-12(17-15(19)13(16)6-8-22-2)10-14(11)18-7-3-9-23(18,20)21;/h4-5,10,13H,3,6-9,16H2,1-2H3,(H,17,19);1H/t13-;/m0./s1. The van der Waals surface area contributed by atoms with Crippen LogP contribution in [0.4, 0.5) is 11.4 Å². The van der Waals surface area contributed by atoms with E-state index in [1.807, 2.05) is 19.2 Å². The number of carbonyl (C=O) groups is 1. The molecule has 0 unspecified atom stereocenters. The lowest BCUT2D eigenvalue weighted by Gasteiger charge is -2.20. The van der Waals surface area contributed by atoms with Crippen LogP contribution in [0, 0.1) is 6.92 Å². The van der Waals surface area contributed by atoms with Gasteiger partial charge in [-0.1, -0.05) is 6.07 Å². The molecular formula is C15H24ClN3O3S2. The number of aryl methyl sites for hydroxylation is 1. The third-order valence-corrected chi connectivity index (χ3v) is 6.31. The van der Waals surface area contributed by atoms with Crippen LogP contribution >= 0.6 is 24.2 Å². The molecule has 0 aromatic heterocycles. The first kappa shape index (κ1) is 21.1. The first-order valence-electron chi connectivity index (χ1n) is 7.51. The van der Waals surface area contributed by atoms with E-state index in [-0.39, 0.29) is 24.1 Å². The van der Waals surface area contributed by atoms with Crippen molar-refractivity contribution in [3.8, 4) is 0 Å². The van der Waals surface area contributed by atoms with Crippen LogP contribution in [0.3, 0.4) is 0 Å². The van der Waals surface area contributed by atoms with Gasteiger partial charge in [-0.15, -0.1) is 12.4 Å². The third-order valence-electron chi connectivity index (χ3n) is 3.81. The summed E-state index contributed by atoms with van der Waals surface area (Å²) < 4.78 is 25.6. The number of nitrogens with one attached hydrogen (secondary N) is 1. The van der Waals surface area contributed by atoms with Crippen LogP contribution < -0.4 is 15.4 Å². The quantitative estimate of drug-likeness (QED) is 0.770. The molecule has 0 spiro atoms. The highest BCUT2D eigenvalue weighted by molar-refractivity contribution is 7.98. The zero-order valence-corrected chi connectivity index (χ0v) is 16.3. The number of halogens is 1. The number of amides is 1. The van der Waals surface area contributed by atoms with E-state index in [1.54, 1.807) is 23.9 Å². The molecule has 1 aliphatic rings. The second-order valence-electron chi connectivity index (χ2n) is 5.62. The minimum Gasteiger partial charge on any atom is -0.325 e. The van der Waals surface area contributed by atoms with Gasteiger partial charge in [0.15, 0.2) is 0 Å². The number of hydrogen-bond donors (Lipinski definition) is 2. The summed E-state index contributed by atoms with van der Waals surface area (Å²) in [7, 11) is -3.24. The molecule has 1 saturated heterocycles. The molecule has 1 heterocycles. The monoisotopic (exact) mass is 393 g/mol. The van der Waals surface area contributed by atoms with E-state index in [0.29, 0.717) is 30.8 Å². The van der Waals surface area contributed by atoms with Gasteiger partial charge in [-0.05, 0) is 49.5 Å². The first-order chi connectivity index (χ1) is 10.8. The van der Waals surface area contributed by atoms with Crippen LogP contribution in [-0.4, -0.2) is 44.7 Å². The SMILES string of the molecule is CSCC[C@H](N)C(=O)Nc1ccc(C)c(N2CCCS2(=O)=O)c1.Cl. The fourth-order valence-electron chi connectivity index (χ4n) is 2.48. The van der Waals surface area contributed by atoms with Crippen molar-refractivity contribution in [3.63, 3.8) is 0 Å². The molecule has 1 amide bonds. The van der Waals surface area contributed by atoms with Crippen LogP contribution in [0.2, 0.25) is 0 Å². The van der Waals surface area contributed by atoms with E-state index in [0.717, 1.165) is 11.3 Å². The molecule has 3 N–H and O–H groups in total. The van der Waals surface area contributed by atoms with Gasteiger partial charge >= 0.3 is 0 Å². The number of anilines is 2. The van der Waals surface area contributed by atoms with E-state index in [9.17, 15) is 13.2 Å². The fourth-order valence-corrected chi connectivity index (χ4v) is 4.58. The lowest BCUT2D eigenvalue weighted by atomic mass is 10.1. The number of benzene rings is 1. The van der Waals surface area contributed by atoms with Crippen LogP contribution in [0.5, 0.6) is 0 Å². The van der Waals surface area contributed by atoms with Crippen molar-refractivity contribution < 1.29 is 13.2 Å². The molecule has 0 radical (unpaired) electrons. The van der Waals surface area contributed by atoms with Crippen LogP contribution in [0.1, 0.15) is 18.4 Å². The summed E-state index contributed by atoms with van der Waals surface area (Å²) in [6.07, 6.45) is 3.19. The fraction of sp³-hybridized carbons (Fsp3) is 0.533. The normalized spacial score (nSPS) is 17.2. The molecule has 0 bridgehead atoms. The maximum atomic E-state index is 12.1. The predicted molar refractivity (Wildman–Crippen MR) is 104 cm³/mol. The summed E-state index contributed by atoms with van der Waals surface area (Å²) in [5.74, 6) is 0.737. The number of thioether (sulfide) groups is 1. The Balaban J connectivity index is 0.00000288. The average molecular weight is 394 g/mol. The Morgan fingerprint density at radius 1 is 1.46 bits per heavy atom. The highest BCUT2D eigenvalue weighted by atomic mass is 35.5. The van der Waals surface area contributed by atoms with Crippen molar-refractivity contribution in [1.29, 1.82) is 0 Å². The summed E-state index contributed by atoms with van der Waals surface area (Å²) in [6, 6.07) is 4.72. The van der Waals surface area contributed by atoms with Gasteiger partial charge < -0.3 is 11.1 Å². The van der Waals surface area contributed by atoms with E-state index < -0.39 is 16.1 Å². The molecule has 6 nitrogen and oxygen atoms in total. The van der Waals surface area contributed by atoms with Crippen molar-refractivity contribution >= 4 is 51.5 Å². The zero-order chi connectivity index (χ0) is 17.0. The maximum absolute atomic E-state index is 12.1. The lowest BCUT2D eigenvalue weighted by molar-refractivity contribution is -0.117. The Labute approximate surface area is 154 Å². The van der Waals surface area contributed by atoms with Gasteiger partial charge in [0.25, 0.3) is 0 Å². The molecule has 1 aliphatic heterocycles. The molecule has 1 fully saturated rings. The molecule has 9 heteroatoms. The first-order valence-corrected chi connectivity index (χ1v) is 10.5. The van der Waals surface area contributed by atoms with Crippen molar-refractivity contribution in [2.24, 2.45) is 5.73 Å². The Hall–Kier alpha value is -0.960. The van der Waals surface area contributed by atoms with Gasteiger partial charge in [-0.2, -0.15) is 11.8 Å². The van der Waals surface area contributed by atoms with E-state index >= 15 is 0 Å². The van der Waals surface area contributed by atoms with Crippen LogP contribution in [0.25, 0.3) is 0 Å². The summed E-state index contributed by atoms with van der Waals surface area (Å²) in [5.41, 5.74) is 7.90. The zero-order valence-electron chi connectivity index (χ0n) is 13.8. The number of hydrogen-bond acceptors (Lipinski definition) is 5. The minimum atomic E-state index is -3.24. The van der Waals surface area contributed by atoms with Crippen molar-refractivity contribution in [2.75, 3.05) is 33.9 Å². The molecular weight excluding hydrogens is 370 g/mol. The topological polar surface area (TPSA) is 92.5 Å². The molecule has 1 aromatic carbocycles. The molecule has 136 valence electrons. The van der Waals surface area contributed by atoms with Gasteiger partial charge in [0.05, 0.1) is 17.5 Å². The molecule has 0 saturated carbocycles. The molecule has 0 aliphatic carbocycles. The van der Waals surface area contributed by atoms with E-state index in [2.05, 4.69) is 5.32 Å². The Morgan fingerprint density at radius 3 is 2.75 bits per heavy atom. The maximum Gasteiger partial charge on any atom is 0.241 e. The smallest absolute Gasteiger partial charge is 0.241 e. The Morgan fingerprint density at radius 2 is 2.17 bits per heavy atom. The summed E-state index contributed by atoms with van der Waals surface area (Å²) in [4.78, 5) is 12.1. The molecule has 1 atom stereocenters. The van der Waals surface area contributed by atoms with Crippen molar-refractivity contribution in [2.45, 2.75) is 25.8 Å². The van der Waals surface area contributed by atoms with Gasteiger partial charge in [0.1, 0.15) is 0 Å². The number of rotatable bonds is 6. The molecule has 24 heavy (non-hydrogen) atoms. The summed E-state index contributed by atoms with van der Waals surface area (Å²) >= 11 is 1.64. The second-order valence-corrected chi connectivity index (χ2v) is 8.62. The number of nitrogens with two attached hydrogens (primary N) is 1. The Bertz CT molecular complexity index is 683. The number of sulfonamides is 1. The van der Waals surface area contributed by atoms with Gasteiger partial charge in [0, 0.05) is 12.2 Å². The summed E-state index contributed by atoms with van der Waals surface area (Å²) in [5, 5.41) is 2.77. The lowest BCUT2D eigenvalue weighted by Crippen LogP contribution is -2.36. The molecule has 1 aromatic rings. The Kier molecular flexibility index (Phi) is 7.85.